The Hall–Kier alpha value is -1.12. The van der Waals surface area contributed by atoms with Crippen LogP contribution in [-0.4, -0.2) is 11.7 Å². The molecule has 3 nitrogen and oxygen atoms in total. The fraction of sp³-hybridized carbons (Fsp3) is 0.600. The van der Waals surface area contributed by atoms with Crippen molar-refractivity contribution in [3.05, 3.63) is 11.1 Å². The zero-order valence-corrected chi connectivity index (χ0v) is 8.07. The quantitative estimate of drug-likeness (QED) is 0.520. The molecule has 3 heteroatoms. The fourth-order valence-corrected chi connectivity index (χ4v) is 2.07. The molecule has 0 aromatic carbocycles. The third kappa shape index (κ3) is 1.19. The van der Waals surface area contributed by atoms with Gasteiger partial charge in [0.1, 0.15) is 11.7 Å². The first kappa shape index (κ1) is 8.48. The summed E-state index contributed by atoms with van der Waals surface area (Å²) in [6.07, 6.45) is 1.93. The Balaban J connectivity index is 2.36. The molecule has 70 valence electrons. The number of hydrogen-bond acceptors (Lipinski definition) is 2. The standard InChI is InChI=1S/C10H15N3/c1-5-3-7-8(4-6(5)2)10(12)13-9(7)11/h5-6H,3-4H2,1-2H3,(H3,11,12,13). The molecule has 0 saturated carbocycles. The molecule has 0 bridgehead atoms. The number of amidine groups is 2. The molecule has 13 heavy (non-hydrogen) atoms. The third-order valence-electron chi connectivity index (χ3n) is 3.24. The van der Waals surface area contributed by atoms with Crippen LogP contribution in [0, 0.1) is 22.7 Å². The van der Waals surface area contributed by atoms with Crippen molar-refractivity contribution in [2.45, 2.75) is 26.7 Å². The molecule has 3 N–H and O–H groups in total. The van der Waals surface area contributed by atoms with Gasteiger partial charge in [0.05, 0.1) is 0 Å². The minimum atomic E-state index is 0.457. The van der Waals surface area contributed by atoms with E-state index >= 15 is 0 Å². The van der Waals surface area contributed by atoms with Crippen LogP contribution in [0.25, 0.3) is 0 Å². The molecule has 2 aliphatic rings. The average molecular weight is 177 g/mol. The maximum Gasteiger partial charge on any atom is 0.127 e. The molecule has 2 rings (SSSR count). The smallest absolute Gasteiger partial charge is 0.127 e. The van der Waals surface area contributed by atoms with Crippen LogP contribution in [0.15, 0.2) is 11.1 Å². The van der Waals surface area contributed by atoms with Crippen molar-refractivity contribution in [3.8, 4) is 0 Å². The van der Waals surface area contributed by atoms with E-state index in [9.17, 15) is 0 Å². The van der Waals surface area contributed by atoms with Crippen LogP contribution < -0.4 is 5.32 Å². The van der Waals surface area contributed by atoms with Gasteiger partial charge < -0.3 is 5.32 Å². The van der Waals surface area contributed by atoms with E-state index in [1.807, 2.05) is 0 Å². The maximum atomic E-state index is 7.65. The van der Waals surface area contributed by atoms with Crippen LogP contribution in [0.5, 0.6) is 0 Å². The van der Waals surface area contributed by atoms with Crippen molar-refractivity contribution in [3.63, 3.8) is 0 Å². The summed E-state index contributed by atoms with van der Waals surface area (Å²) in [5.74, 6) is 2.20. The molecule has 2 atom stereocenters. The van der Waals surface area contributed by atoms with Gasteiger partial charge in [0.15, 0.2) is 0 Å². The van der Waals surface area contributed by atoms with E-state index in [2.05, 4.69) is 19.2 Å². The van der Waals surface area contributed by atoms with Crippen molar-refractivity contribution in [1.82, 2.24) is 5.32 Å². The highest BCUT2D eigenvalue weighted by Gasteiger charge is 2.32. The van der Waals surface area contributed by atoms with Crippen LogP contribution in [0.2, 0.25) is 0 Å². The Morgan fingerprint density at radius 3 is 1.77 bits per heavy atom. The Morgan fingerprint density at radius 2 is 1.38 bits per heavy atom. The molecule has 1 heterocycles. The summed E-state index contributed by atoms with van der Waals surface area (Å²) in [5.41, 5.74) is 2.16. The Bertz CT molecular complexity index is 284. The summed E-state index contributed by atoms with van der Waals surface area (Å²) >= 11 is 0. The Morgan fingerprint density at radius 1 is 1.00 bits per heavy atom. The van der Waals surface area contributed by atoms with E-state index in [4.69, 9.17) is 10.8 Å². The monoisotopic (exact) mass is 177 g/mol. The summed E-state index contributed by atoms with van der Waals surface area (Å²) in [4.78, 5) is 0. The summed E-state index contributed by atoms with van der Waals surface area (Å²) < 4.78 is 0. The molecule has 0 radical (unpaired) electrons. The second-order valence-corrected chi connectivity index (χ2v) is 4.19. The van der Waals surface area contributed by atoms with E-state index < -0.39 is 0 Å². The van der Waals surface area contributed by atoms with E-state index in [1.165, 1.54) is 0 Å². The first-order valence-electron chi connectivity index (χ1n) is 4.76. The second kappa shape index (κ2) is 2.69. The second-order valence-electron chi connectivity index (χ2n) is 4.19. The van der Waals surface area contributed by atoms with Crippen molar-refractivity contribution in [2.75, 3.05) is 0 Å². The first-order valence-corrected chi connectivity index (χ1v) is 4.76. The largest absolute Gasteiger partial charge is 0.325 e. The van der Waals surface area contributed by atoms with Crippen LogP contribution in [0.4, 0.5) is 0 Å². The van der Waals surface area contributed by atoms with Gasteiger partial charge in [-0.15, -0.1) is 0 Å². The van der Waals surface area contributed by atoms with Gasteiger partial charge in [-0.2, -0.15) is 0 Å². The zero-order chi connectivity index (χ0) is 9.59. The van der Waals surface area contributed by atoms with Gasteiger partial charge in [-0.1, -0.05) is 13.8 Å². The highest BCUT2D eigenvalue weighted by Crippen LogP contribution is 2.36. The molecule has 0 amide bonds. The lowest BCUT2D eigenvalue weighted by molar-refractivity contribution is 0.370. The molecule has 0 spiro atoms. The van der Waals surface area contributed by atoms with Crippen molar-refractivity contribution >= 4 is 11.7 Å². The van der Waals surface area contributed by atoms with E-state index in [0.29, 0.717) is 23.5 Å². The predicted octanol–water partition coefficient (Wildman–Crippen LogP) is 1.91. The van der Waals surface area contributed by atoms with Gasteiger partial charge in [0.25, 0.3) is 0 Å². The third-order valence-corrected chi connectivity index (χ3v) is 3.24. The topological polar surface area (TPSA) is 59.7 Å². The molecule has 0 aromatic rings. The van der Waals surface area contributed by atoms with Gasteiger partial charge in [-0.3, -0.25) is 10.8 Å². The number of rotatable bonds is 0. The van der Waals surface area contributed by atoms with Crippen molar-refractivity contribution < 1.29 is 0 Å². The van der Waals surface area contributed by atoms with Gasteiger partial charge >= 0.3 is 0 Å². The average Bonchev–Trinajstić information content (AvgIpc) is 2.31. The highest BCUT2D eigenvalue weighted by molar-refractivity contribution is 6.21. The first-order chi connectivity index (χ1) is 6.09. The summed E-state index contributed by atoms with van der Waals surface area (Å²) in [5, 5.41) is 18.1. The van der Waals surface area contributed by atoms with Crippen LogP contribution >= 0.6 is 0 Å². The molecule has 0 aromatic heterocycles. The summed E-state index contributed by atoms with van der Waals surface area (Å²) in [6, 6.07) is 0. The van der Waals surface area contributed by atoms with Gasteiger partial charge in [0, 0.05) is 11.1 Å². The summed E-state index contributed by atoms with van der Waals surface area (Å²) in [6.45, 7) is 4.45. The van der Waals surface area contributed by atoms with Gasteiger partial charge in [-0.05, 0) is 24.7 Å². The van der Waals surface area contributed by atoms with E-state index in [-0.39, 0.29) is 0 Å². The predicted molar refractivity (Wildman–Crippen MR) is 53.2 cm³/mol. The molecule has 1 aliphatic heterocycles. The highest BCUT2D eigenvalue weighted by atomic mass is 15.0. The van der Waals surface area contributed by atoms with E-state index in [1.54, 1.807) is 0 Å². The Kier molecular flexibility index (Phi) is 1.75. The normalized spacial score (nSPS) is 33.4. The molecule has 2 unspecified atom stereocenters. The minimum absolute atomic E-state index is 0.457. The van der Waals surface area contributed by atoms with Crippen LogP contribution in [0.3, 0.4) is 0 Å². The SMILES string of the molecule is CC1CC2=C(CC1C)C(=N)NC2=N. The fourth-order valence-electron chi connectivity index (χ4n) is 2.07. The maximum absolute atomic E-state index is 7.65. The lowest BCUT2D eigenvalue weighted by Gasteiger charge is -2.25. The van der Waals surface area contributed by atoms with Crippen molar-refractivity contribution in [2.24, 2.45) is 11.8 Å². The molecule has 1 aliphatic carbocycles. The lowest BCUT2D eigenvalue weighted by Crippen LogP contribution is -2.21. The number of nitrogens with one attached hydrogen (secondary N) is 3. The molecule has 0 fully saturated rings. The van der Waals surface area contributed by atoms with Gasteiger partial charge in [0.2, 0.25) is 0 Å². The van der Waals surface area contributed by atoms with Crippen molar-refractivity contribution in [1.29, 1.82) is 10.8 Å². The van der Waals surface area contributed by atoms with Crippen LogP contribution in [0.1, 0.15) is 26.7 Å². The molecule has 0 saturated heterocycles. The molecular formula is C10H15N3. The minimum Gasteiger partial charge on any atom is -0.325 e. The van der Waals surface area contributed by atoms with E-state index in [0.717, 1.165) is 24.0 Å². The molecular weight excluding hydrogens is 162 g/mol. The number of hydrogen-bond donors (Lipinski definition) is 3. The summed E-state index contributed by atoms with van der Waals surface area (Å²) in [7, 11) is 0. The zero-order valence-electron chi connectivity index (χ0n) is 8.07. The van der Waals surface area contributed by atoms with Gasteiger partial charge in [-0.25, -0.2) is 0 Å². The van der Waals surface area contributed by atoms with Crippen LogP contribution in [-0.2, 0) is 0 Å². The Labute approximate surface area is 78.2 Å². The lowest BCUT2D eigenvalue weighted by atomic mass is 9.78.